The van der Waals surface area contributed by atoms with Gasteiger partial charge in [-0.2, -0.15) is 0 Å². The van der Waals surface area contributed by atoms with Crippen molar-refractivity contribution in [1.29, 1.82) is 0 Å². The van der Waals surface area contributed by atoms with Crippen LogP contribution in [0.4, 0.5) is 4.39 Å². The minimum Gasteiger partial charge on any atom is -0.349 e. The molecule has 0 amide bonds. The summed E-state index contributed by atoms with van der Waals surface area (Å²) < 4.78 is 33.7. The lowest BCUT2D eigenvalue weighted by atomic mass is 10.0. The van der Waals surface area contributed by atoms with Gasteiger partial charge in [0.25, 0.3) is 0 Å². The van der Waals surface area contributed by atoms with Gasteiger partial charge >= 0.3 is 0 Å². The lowest BCUT2D eigenvalue weighted by Crippen LogP contribution is -2.16. The van der Waals surface area contributed by atoms with E-state index in [0.29, 0.717) is 0 Å². The second-order valence-corrected chi connectivity index (χ2v) is 6.75. The van der Waals surface area contributed by atoms with Gasteiger partial charge in [-0.1, -0.05) is 0 Å². The monoisotopic (exact) mass is 204 g/mol. The number of halogens is 1. The first-order valence-electron chi connectivity index (χ1n) is 3.82. The van der Waals surface area contributed by atoms with E-state index >= 15 is 0 Å². The van der Waals surface area contributed by atoms with E-state index in [2.05, 4.69) is 0 Å². The Labute approximate surface area is 78.1 Å². The van der Waals surface area contributed by atoms with Gasteiger partial charge in [-0.15, -0.1) is 0 Å². The normalized spacial score (nSPS) is 29.0. The Morgan fingerprint density at radius 1 is 1.77 bits per heavy atom. The van der Waals surface area contributed by atoms with Gasteiger partial charge in [-0.3, -0.25) is 0 Å². The molecule has 0 saturated carbocycles. The van der Waals surface area contributed by atoms with Crippen LogP contribution < -0.4 is 0 Å². The molecule has 0 saturated heterocycles. The highest BCUT2D eigenvalue weighted by Crippen LogP contribution is 2.36. The van der Waals surface area contributed by atoms with Crippen molar-refractivity contribution in [2.24, 2.45) is 0 Å². The van der Waals surface area contributed by atoms with Crippen LogP contribution in [0, 0.1) is 0 Å². The highest BCUT2D eigenvalue weighted by atomic mass is 31.2. The zero-order chi connectivity index (χ0) is 10.1. The zero-order valence-electron chi connectivity index (χ0n) is 7.57. The number of hydrogen-bond acceptors (Lipinski definition) is 3. The standard InChI is InChI=1S/C7H11BFO3P/c1-13(2,10)4-11-6-3-5(9)7(8)12-6/h3,6-7H,4H2,1-2H3/t6-,7+/m0/s1. The summed E-state index contributed by atoms with van der Waals surface area (Å²) in [6.07, 6.45) is 0.400. The molecule has 72 valence electrons. The molecular weight excluding hydrogens is 193 g/mol. The Hall–Kier alpha value is -0.115. The van der Waals surface area contributed by atoms with Crippen molar-refractivity contribution in [3.63, 3.8) is 0 Å². The van der Waals surface area contributed by atoms with E-state index in [4.69, 9.17) is 17.3 Å². The lowest BCUT2D eigenvalue weighted by molar-refractivity contribution is -0.0886. The number of ether oxygens (including phenoxy) is 2. The summed E-state index contributed by atoms with van der Waals surface area (Å²) >= 11 is 0. The first-order valence-corrected chi connectivity index (χ1v) is 6.61. The molecular formula is C7H11BFO3P. The van der Waals surface area contributed by atoms with Crippen LogP contribution in [0.25, 0.3) is 0 Å². The molecule has 0 aliphatic carbocycles. The average Bonchev–Trinajstić information content (AvgIpc) is 2.27. The van der Waals surface area contributed by atoms with Crippen molar-refractivity contribution in [2.45, 2.75) is 12.3 Å². The predicted molar refractivity (Wildman–Crippen MR) is 49.0 cm³/mol. The highest BCUT2D eigenvalue weighted by Gasteiger charge is 2.24. The highest BCUT2D eigenvalue weighted by molar-refractivity contribution is 7.62. The van der Waals surface area contributed by atoms with Crippen LogP contribution in [0.1, 0.15) is 0 Å². The largest absolute Gasteiger partial charge is 0.349 e. The van der Waals surface area contributed by atoms with E-state index in [1.54, 1.807) is 13.3 Å². The molecule has 1 rings (SSSR count). The molecule has 1 heterocycles. The molecule has 13 heavy (non-hydrogen) atoms. The third-order valence-electron chi connectivity index (χ3n) is 1.40. The topological polar surface area (TPSA) is 35.5 Å². The van der Waals surface area contributed by atoms with Crippen molar-refractivity contribution in [3.05, 3.63) is 11.9 Å². The van der Waals surface area contributed by atoms with E-state index in [1.165, 1.54) is 0 Å². The van der Waals surface area contributed by atoms with Crippen molar-refractivity contribution in [1.82, 2.24) is 0 Å². The lowest BCUT2D eigenvalue weighted by Gasteiger charge is -2.13. The van der Waals surface area contributed by atoms with Crippen LogP contribution in [0.2, 0.25) is 0 Å². The zero-order valence-corrected chi connectivity index (χ0v) is 8.46. The molecule has 0 unspecified atom stereocenters. The molecule has 0 bridgehead atoms. The van der Waals surface area contributed by atoms with Gasteiger partial charge in [0.2, 0.25) is 0 Å². The first kappa shape index (κ1) is 11.0. The van der Waals surface area contributed by atoms with E-state index in [1.807, 2.05) is 0 Å². The Bertz CT molecular complexity index is 262. The second-order valence-electron chi connectivity index (χ2n) is 3.35. The average molecular weight is 204 g/mol. The summed E-state index contributed by atoms with van der Waals surface area (Å²) in [5.74, 6) is -0.549. The van der Waals surface area contributed by atoms with E-state index in [9.17, 15) is 8.96 Å². The third-order valence-corrected chi connectivity index (χ3v) is 2.17. The van der Waals surface area contributed by atoms with Crippen LogP contribution in [-0.2, 0) is 14.0 Å². The molecule has 2 atom stereocenters. The quantitative estimate of drug-likeness (QED) is 0.513. The summed E-state index contributed by atoms with van der Waals surface area (Å²) in [5.41, 5.74) is 0. The van der Waals surface area contributed by atoms with Gasteiger partial charge in [0.05, 0.1) is 6.00 Å². The number of rotatable bonds is 3. The minimum absolute atomic E-state index is 0.0637. The van der Waals surface area contributed by atoms with Crippen LogP contribution in [0.5, 0.6) is 0 Å². The molecule has 6 heteroatoms. The Morgan fingerprint density at radius 3 is 2.77 bits per heavy atom. The molecule has 0 N–H and O–H groups in total. The molecule has 0 fully saturated rings. The van der Waals surface area contributed by atoms with Gasteiger partial charge in [-0.05, 0) is 13.3 Å². The maximum Gasteiger partial charge on any atom is 0.180 e. The summed E-state index contributed by atoms with van der Waals surface area (Å²) in [6, 6.07) is -1.04. The van der Waals surface area contributed by atoms with Crippen LogP contribution in [0.15, 0.2) is 11.9 Å². The molecule has 1 aliphatic rings. The Balaban J connectivity index is 2.38. The SMILES string of the molecule is [B][C@@H]1O[C@H](OCP(C)(C)=O)C=C1F. The molecule has 2 radical (unpaired) electrons. The molecule has 0 aromatic heterocycles. The summed E-state index contributed by atoms with van der Waals surface area (Å²) in [6.45, 7) is 3.17. The fourth-order valence-corrected chi connectivity index (χ4v) is 1.32. The van der Waals surface area contributed by atoms with Gasteiger partial charge in [-0.25, -0.2) is 4.39 Å². The first-order chi connectivity index (χ1) is 5.88. The maximum absolute atomic E-state index is 12.6. The van der Waals surface area contributed by atoms with Crippen LogP contribution >= 0.6 is 7.14 Å². The summed E-state index contributed by atoms with van der Waals surface area (Å²) in [4.78, 5) is 0. The minimum atomic E-state index is -2.25. The molecule has 0 aromatic rings. The Morgan fingerprint density at radius 2 is 2.38 bits per heavy atom. The van der Waals surface area contributed by atoms with Crippen molar-refractivity contribution in [3.8, 4) is 0 Å². The molecule has 0 aromatic carbocycles. The molecule has 0 spiro atoms. The van der Waals surface area contributed by atoms with E-state index in [-0.39, 0.29) is 6.35 Å². The predicted octanol–water partition coefficient (Wildman–Crippen LogP) is 1.29. The summed E-state index contributed by atoms with van der Waals surface area (Å²) in [7, 11) is 2.94. The third kappa shape index (κ3) is 3.63. The number of hydrogen-bond donors (Lipinski definition) is 0. The maximum atomic E-state index is 12.6. The van der Waals surface area contributed by atoms with Crippen LogP contribution in [0.3, 0.4) is 0 Å². The van der Waals surface area contributed by atoms with E-state index < -0.39 is 25.3 Å². The molecule has 3 nitrogen and oxygen atoms in total. The van der Waals surface area contributed by atoms with Crippen molar-refractivity contribution < 1.29 is 18.4 Å². The fraction of sp³-hybridized carbons (Fsp3) is 0.714. The fourth-order valence-electron chi connectivity index (χ4n) is 0.814. The second kappa shape index (κ2) is 3.95. The Kier molecular flexibility index (Phi) is 3.33. The molecule has 1 aliphatic heterocycles. The van der Waals surface area contributed by atoms with Gasteiger partial charge in [0, 0.05) is 6.08 Å². The van der Waals surface area contributed by atoms with Crippen LogP contribution in [-0.4, -0.2) is 39.8 Å². The smallest absolute Gasteiger partial charge is 0.180 e. The van der Waals surface area contributed by atoms with Gasteiger partial charge < -0.3 is 14.0 Å². The van der Waals surface area contributed by atoms with E-state index in [0.717, 1.165) is 6.08 Å². The van der Waals surface area contributed by atoms with Crippen molar-refractivity contribution in [2.75, 3.05) is 19.7 Å². The summed E-state index contributed by atoms with van der Waals surface area (Å²) in [5, 5.41) is 0. The van der Waals surface area contributed by atoms with Gasteiger partial charge in [0.1, 0.15) is 27.2 Å². The van der Waals surface area contributed by atoms with Crippen molar-refractivity contribution >= 4 is 15.0 Å². The van der Waals surface area contributed by atoms with Gasteiger partial charge in [0.15, 0.2) is 6.29 Å².